The molecule has 1 aliphatic heterocycles. The zero-order chi connectivity index (χ0) is 14.8. The van der Waals surface area contributed by atoms with Crippen LogP contribution in [0, 0.1) is 12.8 Å². The van der Waals surface area contributed by atoms with Crippen LogP contribution in [0.25, 0.3) is 0 Å². The normalized spacial score (nSPS) is 18.4. The molecule has 0 saturated carbocycles. The molecule has 1 N–H and O–H groups in total. The number of sulfonamides is 1. The van der Waals surface area contributed by atoms with Crippen molar-refractivity contribution in [3.63, 3.8) is 0 Å². The van der Waals surface area contributed by atoms with Crippen LogP contribution in [0.3, 0.4) is 0 Å². The molecule has 0 aromatic heterocycles. The van der Waals surface area contributed by atoms with Gasteiger partial charge in [-0.25, -0.2) is 8.42 Å². The molecular weight excluding hydrogens is 340 g/mol. The van der Waals surface area contributed by atoms with Gasteiger partial charge in [0.25, 0.3) is 0 Å². The highest BCUT2D eigenvalue weighted by Gasteiger charge is 2.30. The summed E-state index contributed by atoms with van der Waals surface area (Å²) < 4.78 is 27.6. The van der Waals surface area contributed by atoms with Crippen molar-refractivity contribution in [1.29, 1.82) is 0 Å². The van der Waals surface area contributed by atoms with Gasteiger partial charge in [-0.15, -0.1) is 0 Å². The standard InChI is InChI=1S/C14H21BrN2O2S/c1-11-3-4-14(13(15)9-11)20(18,19)17-7-5-12(6-8-17)10-16-2/h3-4,9,12,16H,5-8,10H2,1-2H3. The maximum atomic E-state index is 12.7. The fourth-order valence-corrected chi connectivity index (χ4v) is 5.22. The molecule has 1 aromatic carbocycles. The second kappa shape index (κ2) is 6.56. The van der Waals surface area contributed by atoms with Crippen LogP contribution < -0.4 is 5.32 Å². The quantitative estimate of drug-likeness (QED) is 0.896. The molecule has 1 saturated heterocycles. The second-order valence-electron chi connectivity index (χ2n) is 5.34. The summed E-state index contributed by atoms with van der Waals surface area (Å²) in [4.78, 5) is 0.371. The third kappa shape index (κ3) is 3.42. The molecule has 1 heterocycles. The van der Waals surface area contributed by atoms with Gasteiger partial charge >= 0.3 is 0 Å². The van der Waals surface area contributed by atoms with Crippen LogP contribution in [-0.4, -0.2) is 39.4 Å². The number of nitrogens with one attached hydrogen (secondary N) is 1. The number of piperidine rings is 1. The summed E-state index contributed by atoms with van der Waals surface area (Å²) in [6, 6.07) is 5.38. The largest absolute Gasteiger partial charge is 0.319 e. The number of nitrogens with zero attached hydrogens (tertiary/aromatic N) is 1. The molecule has 20 heavy (non-hydrogen) atoms. The number of rotatable bonds is 4. The van der Waals surface area contributed by atoms with Crippen molar-refractivity contribution in [3.05, 3.63) is 28.2 Å². The maximum Gasteiger partial charge on any atom is 0.244 e. The van der Waals surface area contributed by atoms with Gasteiger partial charge in [0, 0.05) is 17.6 Å². The molecule has 4 nitrogen and oxygen atoms in total. The number of hydrogen-bond acceptors (Lipinski definition) is 3. The van der Waals surface area contributed by atoms with E-state index in [0.29, 0.717) is 28.4 Å². The summed E-state index contributed by atoms with van der Waals surface area (Å²) in [6.07, 6.45) is 1.84. The molecule has 1 aromatic rings. The average molecular weight is 361 g/mol. The first-order chi connectivity index (χ1) is 9.45. The van der Waals surface area contributed by atoms with Gasteiger partial charge in [-0.2, -0.15) is 4.31 Å². The lowest BCUT2D eigenvalue weighted by atomic mass is 9.98. The van der Waals surface area contributed by atoms with Crippen LogP contribution in [0.5, 0.6) is 0 Å². The van der Waals surface area contributed by atoms with E-state index in [-0.39, 0.29) is 0 Å². The fraction of sp³-hybridized carbons (Fsp3) is 0.571. The van der Waals surface area contributed by atoms with E-state index in [4.69, 9.17) is 0 Å². The van der Waals surface area contributed by atoms with Gasteiger partial charge in [-0.3, -0.25) is 0 Å². The molecule has 0 bridgehead atoms. The topological polar surface area (TPSA) is 49.4 Å². The summed E-state index contributed by atoms with van der Waals surface area (Å²) in [5.41, 5.74) is 1.04. The van der Waals surface area contributed by atoms with Crippen LogP contribution in [0.4, 0.5) is 0 Å². The van der Waals surface area contributed by atoms with Crippen LogP contribution in [0.1, 0.15) is 18.4 Å². The van der Waals surface area contributed by atoms with Gasteiger partial charge in [0.2, 0.25) is 10.0 Å². The molecule has 0 atom stereocenters. The smallest absolute Gasteiger partial charge is 0.244 e. The first kappa shape index (κ1) is 15.9. The molecule has 0 amide bonds. The first-order valence-corrected chi connectivity index (χ1v) is 9.09. The van der Waals surface area contributed by atoms with Crippen molar-refractivity contribution < 1.29 is 8.42 Å². The SMILES string of the molecule is CNCC1CCN(S(=O)(=O)c2ccc(C)cc2Br)CC1. The molecule has 1 fully saturated rings. The summed E-state index contributed by atoms with van der Waals surface area (Å²) in [5.74, 6) is 0.577. The lowest BCUT2D eigenvalue weighted by molar-refractivity contribution is 0.270. The van der Waals surface area contributed by atoms with E-state index in [1.54, 1.807) is 10.4 Å². The van der Waals surface area contributed by atoms with E-state index >= 15 is 0 Å². The van der Waals surface area contributed by atoms with Crippen molar-refractivity contribution in [2.24, 2.45) is 5.92 Å². The van der Waals surface area contributed by atoms with E-state index < -0.39 is 10.0 Å². The highest BCUT2D eigenvalue weighted by molar-refractivity contribution is 9.10. The van der Waals surface area contributed by atoms with Gasteiger partial charge in [-0.05, 0) is 72.9 Å². The van der Waals surface area contributed by atoms with Gasteiger partial charge in [0.05, 0.1) is 4.90 Å². The van der Waals surface area contributed by atoms with Crippen molar-refractivity contribution in [1.82, 2.24) is 9.62 Å². The van der Waals surface area contributed by atoms with Gasteiger partial charge in [0.1, 0.15) is 0 Å². The number of benzene rings is 1. The fourth-order valence-electron chi connectivity index (χ4n) is 2.60. The predicted octanol–water partition coefficient (Wildman–Crippen LogP) is 2.38. The highest BCUT2D eigenvalue weighted by Crippen LogP contribution is 2.28. The van der Waals surface area contributed by atoms with Crippen molar-refractivity contribution in [3.8, 4) is 0 Å². The van der Waals surface area contributed by atoms with Crippen LogP contribution in [-0.2, 0) is 10.0 Å². The Hall–Kier alpha value is -0.430. The van der Waals surface area contributed by atoms with Crippen molar-refractivity contribution >= 4 is 26.0 Å². The molecule has 0 spiro atoms. The molecule has 1 aliphatic rings. The van der Waals surface area contributed by atoms with E-state index in [1.807, 2.05) is 26.1 Å². The van der Waals surface area contributed by atoms with Crippen LogP contribution in [0.15, 0.2) is 27.6 Å². The van der Waals surface area contributed by atoms with Crippen LogP contribution in [0.2, 0.25) is 0 Å². The first-order valence-electron chi connectivity index (χ1n) is 6.86. The summed E-state index contributed by atoms with van der Waals surface area (Å²) in [7, 11) is -1.44. The Labute approximate surface area is 129 Å². The van der Waals surface area contributed by atoms with E-state index in [9.17, 15) is 8.42 Å². The minimum Gasteiger partial charge on any atom is -0.319 e. The molecule has 6 heteroatoms. The minimum atomic E-state index is -3.38. The lowest BCUT2D eigenvalue weighted by Gasteiger charge is -2.31. The van der Waals surface area contributed by atoms with Crippen LogP contribution >= 0.6 is 15.9 Å². The predicted molar refractivity (Wildman–Crippen MR) is 84.3 cm³/mol. The Kier molecular flexibility index (Phi) is 5.23. The van der Waals surface area contributed by atoms with Gasteiger partial charge < -0.3 is 5.32 Å². The Morgan fingerprint density at radius 1 is 1.35 bits per heavy atom. The lowest BCUT2D eigenvalue weighted by Crippen LogP contribution is -2.40. The van der Waals surface area contributed by atoms with Crippen molar-refractivity contribution in [2.75, 3.05) is 26.7 Å². The number of hydrogen-bond donors (Lipinski definition) is 1. The molecule has 2 rings (SSSR count). The third-order valence-electron chi connectivity index (χ3n) is 3.77. The average Bonchev–Trinajstić information content (AvgIpc) is 2.39. The molecule has 0 unspecified atom stereocenters. The summed E-state index contributed by atoms with van der Waals surface area (Å²) >= 11 is 3.37. The third-order valence-corrected chi connectivity index (χ3v) is 6.65. The Morgan fingerprint density at radius 2 is 2.00 bits per heavy atom. The van der Waals surface area contributed by atoms with Gasteiger partial charge in [-0.1, -0.05) is 6.07 Å². The Morgan fingerprint density at radius 3 is 2.55 bits per heavy atom. The minimum absolute atomic E-state index is 0.371. The zero-order valence-corrected chi connectivity index (χ0v) is 14.3. The molecular formula is C14H21BrN2O2S. The van der Waals surface area contributed by atoms with E-state index in [0.717, 1.165) is 24.9 Å². The number of aryl methyl sites for hydroxylation is 1. The summed E-state index contributed by atoms with van der Waals surface area (Å²) in [6.45, 7) is 4.12. The molecule has 0 radical (unpaired) electrons. The number of halogens is 1. The molecule has 0 aliphatic carbocycles. The Bertz CT molecular complexity index is 567. The maximum absolute atomic E-state index is 12.7. The van der Waals surface area contributed by atoms with Gasteiger partial charge in [0.15, 0.2) is 0 Å². The van der Waals surface area contributed by atoms with E-state index in [2.05, 4.69) is 21.2 Å². The van der Waals surface area contributed by atoms with Crippen molar-refractivity contribution in [2.45, 2.75) is 24.7 Å². The Balaban J connectivity index is 2.15. The molecule has 112 valence electrons. The monoisotopic (exact) mass is 360 g/mol. The summed E-state index contributed by atoms with van der Waals surface area (Å²) in [5, 5.41) is 3.16. The highest BCUT2D eigenvalue weighted by atomic mass is 79.9. The second-order valence-corrected chi connectivity index (χ2v) is 8.10. The van der Waals surface area contributed by atoms with E-state index in [1.165, 1.54) is 0 Å². The zero-order valence-electron chi connectivity index (χ0n) is 11.9.